The molecular formula is C25H29N11O. The molecule has 0 amide bonds. The van der Waals surface area contributed by atoms with E-state index in [0.29, 0.717) is 28.6 Å². The summed E-state index contributed by atoms with van der Waals surface area (Å²) in [5.41, 5.74) is 3.61. The van der Waals surface area contributed by atoms with Gasteiger partial charge in [-0.15, -0.1) is 0 Å². The molecule has 4 aromatic rings. The van der Waals surface area contributed by atoms with E-state index in [1.54, 1.807) is 37.9 Å². The zero-order valence-electron chi connectivity index (χ0n) is 21.0. The Kier molecular flexibility index (Phi) is 5.80. The second-order valence-electron chi connectivity index (χ2n) is 9.48. The molecule has 0 aromatic carbocycles. The normalized spacial score (nSPS) is 20.1. The average Bonchev–Trinajstić information content (AvgIpc) is 3.32. The van der Waals surface area contributed by atoms with Gasteiger partial charge in [-0.2, -0.15) is 0 Å². The lowest BCUT2D eigenvalue weighted by molar-refractivity contribution is 0.312. The molecule has 12 nitrogen and oxygen atoms in total. The number of hydrogen-bond acceptors (Lipinski definition) is 10. The Bertz CT molecular complexity index is 1520. The Morgan fingerprint density at radius 2 is 1.84 bits per heavy atom. The number of H-pyrrole nitrogens is 2. The predicted molar refractivity (Wildman–Crippen MR) is 145 cm³/mol. The molecule has 2 unspecified atom stereocenters. The molecule has 4 aromatic heterocycles. The summed E-state index contributed by atoms with van der Waals surface area (Å²) in [6.07, 6.45) is 6.84. The first-order valence-electron chi connectivity index (χ1n) is 12.3. The second kappa shape index (κ2) is 9.28. The number of piperazine rings is 1. The number of hydrogen-bond donors (Lipinski definition) is 4. The second-order valence-corrected chi connectivity index (χ2v) is 9.48. The quantitative estimate of drug-likeness (QED) is 0.309. The van der Waals surface area contributed by atoms with Gasteiger partial charge in [-0.25, -0.2) is 19.9 Å². The number of anilines is 3. The Balaban J connectivity index is 1.45. The van der Waals surface area contributed by atoms with E-state index in [0.717, 1.165) is 48.7 Å². The van der Waals surface area contributed by atoms with Crippen LogP contribution in [0.15, 0.2) is 40.5 Å². The third-order valence-electron chi connectivity index (χ3n) is 6.96. The standard InChI is InChI=1S/C25H29N11O/c1-14-20(24-27-5-4-6-28-24)34-22-19(25(37)33-17(12-26-2)21(22)30-14)23-31-15-11-18(29-13-16(15)32-23)36-9-7-35(3)8-10-36/h4-6,11-14,20,30,34H,7-10H2,1-3H3,(H,31,32)(H,33,37). The molecule has 0 radical (unpaired) electrons. The molecule has 37 heavy (non-hydrogen) atoms. The third kappa shape index (κ3) is 4.18. The first-order chi connectivity index (χ1) is 18.0. The summed E-state index contributed by atoms with van der Waals surface area (Å²) >= 11 is 0. The molecule has 190 valence electrons. The molecule has 0 aliphatic carbocycles. The maximum absolute atomic E-state index is 13.4. The van der Waals surface area contributed by atoms with Crippen molar-refractivity contribution >= 4 is 34.4 Å². The number of aromatic nitrogens is 6. The van der Waals surface area contributed by atoms with Gasteiger partial charge in [0.25, 0.3) is 5.56 Å². The number of aliphatic imine (C=N–C) groups is 1. The number of nitrogens with zero attached hydrogens (tertiary/aromatic N) is 7. The third-order valence-corrected chi connectivity index (χ3v) is 6.96. The summed E-state index contributed by atoms with van der Waals surface area (Å²) in [4.78, 5) is 46.8. The van der Waals surface area contributed by atoms with Gasteiger partial charge in [-0.05, 0) is 20.0 Å². The highest BCUT2D eigenvalue weighted by atomic mass is 16.1. The van der Waals surface area contributed by atoms with Gasteiger partial charge in [-0.3, -0.25) is 9.79 Å². The summed E-state index contributed by atoms with van der Waals surface area (Å²) in [5.74, 6) is 1.98. The maximum atomic E-state index is 13.4. The summed E-state index contributed by atoms with van der Waals surface area (Å²) in [6.45, 7) is 5.85. The van der Waals surface area contributed by atoms with Gasteiger partial charge < -0.3 is 30.4 Å². The van der Waals surface area contributed by atoms with Crippen LogP contribution in [0.2, 0.25) is 0 Å². The minimum Gasteiger partial charge on any atom is -0.377 e. The van der Waals surface area contributed by atoms with Crippen LogP contribution in [0.4, 0.5) is 17.2 Å². The van der Waals surface area contributed by atoms with Crippen molar-refractivity contribution in [3.8, 4) is 11.4 Å². The molecule has 12 heteroatoms. The van der Waals surface area contributed by atoms with Crippen LogP contribution in [-0.2, 0) is 0 Å². The Morgan fingerprint density at radius 3 is 2.59 bits per heavy atom. The van der Waals surface area contributed by atoms with Crippen LogP contribution in [-0.4, -0.2) is 87.3 Å². The molecule has 2 aliphatic heterocycles. The predicted octanol–water partition coefficient (Wildman–Crippen LogP) is 1.87. The molecule has 4 N–H and O–H groups in total. The van der Waals surface area contributed by atoms with Gasteiger partial charge in [0.2, 0.25) is 0 Å². The molecule has 6 rings (SSSR count). The van der Waals surface area contributed by atoms with Gasteiger partial charge in [0.1, 0.15) is 23.2 Å². The van der Waals surface area contributed by atoms with Gasteiger partial charge in [0, 0.05) is 57.9 Å². The van der Waals surface area contributed by atoms with E-state index in [9.17, 15) is 4.79 Å². The van der Waals surface area contributed by atoms with Crippen LogP contribution < -0.4 is 21.1 Å². The van der Waals surface area contributed by atoms with Crippen molar-refractivity contribution in [1.29, 1.82) is 0 Å². The van der Waals surface area contributed by atoms with E-state index < -0.39 is 0 Å². The molecule has 2 aliphatic rings. The van der Waals surface area contributed by atoms with Crippen LogP contribution in [0.3, 0.4) is 0 Å². The maximum Gasteiger partial charge on any atom is 0.261 e. The van der Waals surface area contributed by atoms with Crippen LogP contribution in [0.25, 0.3) is 22.4 Å². The Hall–Kier alpha value is -4.32. The topological polar surface area (TPSA) is 143 Å². The highest BCUT2D eigenvalue weighted by Crippen LogP contribution is 2.40. The fraction of sp³-hybridized carbons (Fsp3) is 0.360. The molecule has 0 saturated carbocycles. The van der Waals surface area contributed by atoms with Crippen LogP contribution in [0, 0.1) is 0 Å². The lowest BCUT2D eigenvalue weighted by atomic mass is 10.0. The number of likely N-dealkylation sites (N-methyl/N-ethyl adjacent to an activating group) is 1. The van der Waals surface area contributed by atoms with E-state index in [4.69, 9.17) is 4.98 Å². The Labute approximate surface area is 213 Å². The van der Waals surface area contributed by atoms with Gasteiger partial charge in [-0.1, -0.05) is 0 Å². The first kappa shape index (κ1) is 23.1. The fourth-order valence-electron chi connectivity index (χ4n) is 4.94. The average molecular weight is 500 g/mol. The summed E-state index contributed by atoms with van der Waals surface area (Å²) < 4.78 is 0. The summed E-state index contributed by atoms with van der Waals surface area (Å²) in [5, 5.41) is 7.04. The zero-order valence-corrected chi connectivity index (χ0v) is 21.0. The van der Waals surface area contributed by atoms with E-state index in [-0.39, 0.29) is 17.6 Å². The van der Waals surface area contributed by atoms with Crippen molar-refractivity contribution in [2.24, 2.45) is 4.99 Å². The van der Waals surface area contributed by atoms with E-state index in [2.05, 4.69) is 57.4 Å². The van der Waals surface area contributed by atoms with Crippen molar-refractivity contribution in [3.63, 3.8) is 0 Å². The van der Waals surface area contributed by atoms with Crippen LogP contribution >= 0.6 is 0 Å². The molecule has 6 heterocycles. The zero-order chi connectivity index (χ0) is 25.5. The number of imidazole rings is 1. The lowest BCUT2D eigenvalue weighted by Crippen LogP contribution is -2.44. The Morgan fingerprint density at radius 1 is 1.05 bits per heavy atom. The van der Waals surface area contributed by atoms with Crippen LogP contribution in [0.1, 0.15) is 24.5 Å². The molecular weight excluding hydrogens is 470 g/mol. The lowest BCUT2D eigenvalue weighted by Gasteiger charge is -2.34. The monoisotopic (exact) mass is 499 g/mol. The first-order valence-corrected chi connectivity index (χ1v) is 12.3. The largest absolute Gasteiger partial charge is 0.377 e. The van der Waals surface area contributed by atoms with Crippen molar-refractivity contribution < 1.29 is 0 Å². The van der Waals surface area contributed by atoms with Crippen molar-refractivity contribution in [2.45, 2.75) is 19.0 Å². The van der Waals surface area contributed by atoms with Gasteiger partial charge in [0.15, 0.2) is 5.82 Å². The minimum absolute atomic E-state index is 0.0522. The molecule has 1 saturated heterocycles. The molecule has 0 spiro atoms. The van der Waals surface area contributed by atoms with E-state index in [1.807, 2.05) is 13.0 Å². The van der Waals surface area contributed by atoms with Gasteiger partial charge >= 0.3 is 0 Å². The van der Waals surface area contributed by atoms with Gasteiger partial charge in [0.05, 0.1) is 40.3 Å². The SMILES string of the molecule is CN=Cc1[nH]c(=O)c(-c2nc3cc(N4CCN(C)CC4)ncc3[nH]2)c2c1NC(C)C(c1ncccn1)N2. The summed E-state index contributed by atoms with van der Waals surface area (Å²) in [6, 6.07) is 3.45. The fourth-order valence-corrected chi connectivity index (χ4v) is 4.94. The minimum atomic E-state index is -0.281. The van der Waals surface area contributed by atoms with Crippen molar-refractivity contribution in [2.75, 3.05) is 55.8 Å². The number of aromatic amines is 2. The molecule has 2 atom stereocenters. The number of nitrogens with one attached hydrogen (secondary N) is 4. The number of pyridine rings is 2. The van der Waals surface area contributed by atoms with Crippen LogP contribution in [0.5, 0.6) is 0 Å². The molecule has 0 bridgehead atoms. The van der Waals surface area contributed by atoms with E-state index in [1.165, 1.54) is 0 Å². The smallest absolute Gasteiger partial charge is 0.261 e. The van der Waals surface area contributed by atoms with E-state index >= 15 is 0 Å². The van der Waals surface area contributed by atoms with Crippen molar-refractivity contribution in [3.05, 3.63) is 52.6 Å². The highest BCUT2D eigenvalue weighted by Gasteiger charge is 2.33. The number of fused-ring (bicyclic) bond motifs is 2. The summed E-state index contributed by atoms with van der Waals surface area (Å²) in [7, 11) is 3.80. The number of rotatable bonds is 4. The van der Waals surface area contributed by atoms with Crippen molar-refractivity contribution in [1.82, 2.24) is 34.8 Å². The highest BCUT2D eigenvalue weighted by molar-refractivity contribution is 5.97. The molecule has 1 fully saturated rings.